The van der Waals surface area contributed by atoms with Gasteiger partial charge in [0.15, 0.2) is 7.31 Å². The van der Waals surface area contributed by atoms with E-state index in [0.717, 1.165) is 10.0 Å². The molecule has 0 bridgehead atoms. The third-order valence-electron chi connectivity index (χ3n) is 1.89. The zero-order valence-electron chi connectivity index (χ0n) is 7.90. The number of hydrogen-bond donors (Lipinski definition) is 0. The topological polar surface area (TPSA) is 20.3 Å². The van der Waals surface area contributed by atoms with E-state index in [9.17, 15) is 4.79 Å². The number of likely N-dealkylation sites (N-methyl/N-ethyl adjacent to an activating group) is 1. The lowest BCUT2D eigenvalue weighted by atomic mass is 9.65. The van der Waals surface area contributed by atoms with E-state index in [4.69, 9.17) is 7.74 Å². The Morgan fingerprint density at radius 1 is 1.50 bits per heavy atom. The third-order valence-corrected chi connectivity index (χ3v) is 2.41. The Morgan fingerprint density at radius 2 is 2.07 bits per heavy atom. The minimum Gasteiger partial charge on any atom is -0.403 e. The lowest BCUT2D eigenvalue weighted by Gasteiger charge is -2.14. The monoisotopic (exact) mass is 248 g/mol. The van der Waals surface area contributed by atoms with E-state index in [1.54, 1.807) is 7.05 Å². The molecule has 14 heavy (non-hydrogen) atoms. The molecule has 1 rings (SSSR count). The quantitative estimate of drug-likeness (QED) is 0.735. The van der Waals surface area contributed by atoms with Crippen LogP contribution in [0.5, 0.6) is 0 Å². The molecule has 5 heteroatoms. The molecule has 2 nitrogen and oxygen atoms in total. The summed E-state index contributed by atoms with van der Waals surface area (Å²) < 4.78 is 1.01. The van der Waals surface area contributed by atoms with Gasteiger partial charge in [-0.15, -0.1) is 0 Å². The molecule has 0 unspecified atom stereocenters. The van der Waals surface area contributed by atoms with Crippen LogP contribution >= 0.6 is 15.9 Å². The molecule has 0 atom stereocenters. The lowest BCUT2D eigenvalue weighted by Crippen LogP contribution is -2.31. The van der Waals surface area contributed by atoms with Gasteiger partial charge in [-0.3, -0.25) is 4.79 Å². The van der Waals surface area contributed by atoms with Crippen LogP contribution in [0.2, 0.25) is 0 Å². The zero-order chi connectivity index (χ0) is 10.6. The summed E-state index contributed by atoms with van der Waals surface area (Å²) in [6, 6.07) is 7.64. The van der Waals surface area contributed by atoms with E-state index in [1.807, 2.05) is 24.3 Å². The number of halogens is 1. The Labute approximate surface area is 94.5 Å². The second-order valence-corrected chi connectivity index (χ2v) is 3.87. The van der Waals surface area contributed by atoms with Crippen LogP contribution in [0.1, 0.15) is 5.56 Å². The van der Waals surface area contributed by atoms with Gasteiger partial charge in [-0.1, -0.05) is 28.1 Å². The van der Waals surface area contributed by atoms with Crippen LogP contribution in [0.25, 0.3) is 0 Å². The Hall–Kier alpha value is -0.700. The molecule has 0 heterocycles. The lowest BCUT2D eigenvalue weighted by molar-refractivity contribution is -0.125. The summed E-state index contributed by atoms with van der Waals surface area (Å²) >= 11 is 3.33. The number of amides is 1. The van der Waals surface area contributed by atoms with Crippen LogP contribution < -0.4 is 0 Å². The highest BCUT2D eigenvalue weighted by atomic mass is 79.9. The summed E-state index contributed by atoms with van der Waals surface area (Å²) in [5.41, 5.74) is 0.979. The van der Waals surface area contributed by atoms with Gasteiger partial charge in [-0.05, 0) is 24.7 Å². The Kier molecular flexibility index (Phi) is 4.26. The molecule has 0 aromatic heterocycles. The first kappa shape index (κ1) is 11.4. The molecule has 1 aromatic rings. The first-order valence-electron chi connectivity index (χ1n) is 4.18. The van der Waals surface area contributed by atoms with Crippen LogP contribution in [0.15, 0.2) is 28.7 Å². The van der Waals surface area contributed by atoms with Crippen molar-refractivity contribution in [3.63, 3.8) is 0 Å². The van der Waals surface area contributed by atoms with Gasteiger partial charge in [-0.2, -0.15) is 0 Å². The van der Waals surface area contributed by atoms with Crippen molar-refractivity contribution in [2.75, 3.05) is 7.05 Å². The van der Waals surface area contributed by atoms with Crippen LogP contribution in [-0.2, 0) is 11.2 Å². The number of benzene rings is 1. The standard InChI is InChI=1S/C9H9B2BrNO/c1-13(11-10)9(14)6-7-2-4-8(12)5-3-7/h2-5H,6H2,1H3. The van der Waals surface area contributed by atoms with Gasteiger partial charge in [0, 0.05) is 12.2 Å². The average Bonchev–Trinajstić information content (AvgIpc) is 2.20. The van der Waals surface area contributed by atoms with Crippen LogP contribution in [0.4, 0.5) is 0 Å². The molecule has 0 aliphatic heterocycles. The maximum absolute atomic E-state index is 11.4. The van der Waals surface area contributed by atoms with Gasteiger partial charge >= 0.3 is 0 Å². The number of carbonyl (C=O) groups is 1. The van der Waals surface area contributed by atoms with Crippen molar-refractivity contribution in [1.29, 1.82) is 0 Å². The number of rotatable bonds is 3. The van der Waals surface area contributed by atoms with E-state index in [0.29, 0.717) is 6.42 Å². The number of hydrogen-bond acceptors (Lipinski definition) is 1. The molecule has 3 radical (unpaired) electrons. The number of nitrogens with zero attached hydrogens (tertiary/aromatic N) is 1. The molecule has 69 valence electrons. The highest BCUT2D eigenvalue weighted by molar-refractivity contribution is 9.10. The average molecular weight is 249 g/mol. The minimum absolute atomic E-state index is 0.0187. The summed E-state index contributed by atoms with van der Waals surface area (Å²) in [5.74, 6) is -0.0187. The van der Waals surface area contributed by atoms with Crippen molar-refractivity contribution in [2.45, 2.75) is 6.42 Å². The predicted octanol–water partition coefficient (Wildman–Crippen LogP) is 1.15. The molecule has 1 aromatic carbocycles. The predicted molar refractivity (Wildman–Crippen MR) is 62.1 cm³/mol. The second-order valence-electron chi connectivity index (χ2n) is 2.96. The SMILES string of the molecule is [B][B]N(C)C(=O)Cc1ccc(Br)cc1. The molecule has 0 fully saturated rings. The number of carbonyl (C=O) groups excluding carboxylic acids is 1. The maximum atomic E-state index is 11.4. The molecule has 0 N–H and O–H groups in total. The van der Waals surface area contributed by atoms with Crippen molar-refractivity contribution in [2.24, 2.45) is 0 Å². The van der Waals surface area contributed by atoms with Crippen LogP contribution in [-0.4, -0.2) is 32.8 Å². The van der Waals surface area contributed by atoms with Crippen LogP contribution in [0.3, 0.4) is 0 Å². The van der Waals surface area contributed by atoms with E-state index in [2.05, 4.69) is 15.9 Å². The molecule has 0 aliphatic carbocycles. The fraction of sp³-hybridized carbons (Fsp3) is 0.222. The van der Waals surface area contributed by atoms with Gasteiger partial charge in [-0.25, -0.2) is 0 Å². The molecular weight excluding hydrogens is 240 g/mol. The molecule has 0 spiro atoms. The third kappa shape index (κ3) is 3.22. The van der Waals surface area contributed by atoms with Crippen molar-refractivity contribution < 1.29 is 4.79 Å². The summed E-state index contributed by atoms with van der Waals surface area (Å²) in [4.78, 5) is 12.8. The molecule has 0 aliphatic rings. The van der Waals surface area contributed by atoms with Crippen molar-refractivity contribution >= 4 is 36.9 Å². The fourth-order valence-electron chi connectivity index (χ4n) is 0.985. The van der Waals surface area contributed by atoms with Crippen LogP contribution in [0, 0.1) is 0 Å². The summed E-state index contributed by atoms with van der Waals surface area (Å²) in [5, 5.41) is 0. The summed E-state index contributed by atoms with van der Waals surface area (Å²) in [6.07, 6.45) is 0.372. The summed E-state index contributed by atoms with van der Waals surface area (Å²) in [6.45, 7) is 0. The molecule has 0 saturated heterocycles. The van der Waals surface area contributed by atoms with Gasteiger partial charge in [0.25, 0.3) is 0 Å². The highest BCUT2D eigenvalue weighted by Crippen LogP contribution is 2.11. The maximum Gasteiger partial charge on any atom is 0.213 e. The highest BCUT2D eigenvalue weighted by Gasteiger charge is 2.06. The van der Waals surface area contributed by atoms with Gasteiger partial charge in [0.1, 0.15) is 0 Å². The van der Waals surface area contributed by atoms with Crippen molar-refractivity contribution in [3.8, 4) is 0 Å². The fourth-order valence-corrected chi connectivity index (χ4v) is 1.25. The van der Waals surface area contributed by atoms with Crippen molar-refractivity contribution in [3.05, 3.63) is 34.3 Å². The second kappa shape index (κ2) is 5.25. The zero-order valence-corrected chi connectivity index (χ0v) is 9.49. The largest absolute Gasteiger partial charge is 0.403 e. The Balaban J connectivity index is 2.60. The molecule has 0 saturated carbocycles. The van der Waals surface area contributed by atoms with Crippen molar-refractivity contribution in [1.82, 2.24) is 4.81 Å². The van der Waals surface area contributed by atoms with E-state index < -0.39 is 0 Å². The van der Waals surface area contributed by atoms with E-state index in [1.165, 1.54) is 12.1 Å². The first-order chi connectivity index (χ1) is 6.63. The smallest absolute Gasteiger partial charge is 0.213 e. The first-order valence-corrected chi connectivity index (χ1v) is 4.98. The molecule has 1 amide bonds. The van der Waals surface area contributed by atoms with E-state index in [-0.39, 0.29) is 5.91 Å². The Bertz CT molecular complexity index is 315. The molecular formula is C9H9B2BrNO. The van der Waals surface area contributed by atoms with E-state index >= 15 is 0 Å². The summed E-state index contributed by atoms with van der Waals surface area (Å²) in [7, 11) is 8.13. The Morgan fingerprint density at radius 3 is 2.57 bits per heavy atom. The normalized spacial score (nSPS) is 9.57. The van der Waals surface area contributed by atoms with Gasteiger partial charge < -0.3 is 4.81 Å². The van der Waals surface area contributed by atoms with Gasteiger partial charge in [0.05, 0.1) is 6.42 Å². The van der Waals surface area contributed by atoms with Gasteiger partial charge in [0.2, 0.25) is 5.91 Å². The minimum atomic E-state index is -0.0187.